The molecule has 1 aromatic rings. The lowest BCUT2D eigenvalue weighted by molar-refractivity contribution is -0.0146. The third-order valence-electron chi connectivity index (χ3n) is 2.99. The van der Waals surface area contributed by atoms with Crippen LogP contribution >= 0.6 is 12.4 Å². The average molecular weight is 324 g/mol. The second kappa shape index (κ2) is 6.31. The van der Waals surface area contributed by atoms with Gasteiger partial charge in [-0.05, 0) is 18.2 Å². The Bertz CT molecular complexity index is 583. The summed E-state index contributed by atoms with van der Waals surface area (Å²) >= 11 is 0. The van der Waals surface area contributed by atoms with Gasteiger partial charge >= 0.3 is 0 Å². The van der Waals surface area contributed by atoms with Gasteiger partial charge in [-0.1, -0.05) is 0 Å². The summed E-state index contributed by atoms with van der Waals surface area (Å²) in [6.45, 7) is -0.643. The van der Waals surface area contributed by atoms with E-state index in [9.17, 15) is 18.0 Å². The summed E-state index contributed by atoms with van der Waals surface area (Å²) in [5, 5.41) is 0. The largest absolute Gasteiger partial charge is 0.385 e. The summed E-state index contributed by atoms with van der Waals surface area (Å²) in [7, 11) is 0. The fourth-order valence-electron chi connectivity index (χ4n) is 2.01. The zero-order valence-electron chi connectivity index (χ0n) is 10.7. The minimum absolute atomic E-state index is 0. The first-order chi connectivity index (χ1) is 9.36. The first kappa shape index (κ1) is 17.3. The van der Waals surface area contributed by atoms with Crippen LogP contribution in [0.2, 0.25) is 0 Å². The van der Waals surface area contributed by atoms with Gasteiger partial charge < -0.3 is 16.2 Å². The van der Waals surface area contributed by atoms with Crippen molar-refractivity contribution in [2.24, 2.45) is 16.5 Å². The van der Waals surface area contributed by atoms with Crippen LogP contribution in [0, 0.1) is 5.82 Å². The molecule has 5 nitrogen and oxygen atoms in total. The molecular formula is C12H13ClF3N3O2. The van der Waals surface area contributed by atoms with E-state index in [1.165, 1.54) is 0 Å². The number of nitrogens with two attached hydrogens (primary N) is 2. The standard InChI is InChI=1S/C12H12F3N3O2.ClH/c13-8-2-1-6(10(17)19)3-7(8)12(11(14)15)5-20-4-9(16)18-12;/h1-3,11H,4-5H2,(H2,16,18)(H2,17,19);1H/t12-;/m0./s1. The Hall–Kier alpha value is -1.80. The zero-order valence-corrected chi connectivity index (χ0v) is 11.5. The smallest absolute Gasteiger partial charge is 0.269 e. The molecule has 0 spiro atoms. The number of primary amides is 1. The van der Waals surface area contributed by atoms with Gasteiger partial charge in [0.05, 0.1) is 6.61 Å². The molecule has 1 aliphatic rings. The molecule has 21 heavy (non-hydrogen) atoms. The first-order valence-electron chi connectivity index (χ1n) is 5.67. The van der Waals surface area contributed by atoms with Crippen molar-refractivity contribution in [3.63, 3.8) is 0 Å². The number of amides is 1. The van der Waals surface area contributed by atoms with Crippen molar-refractivity contribution >= 4 is 24.1 Å². The maximum atomic E-state index is 13.9. The van der Waals surface area contributed by atoms with Gasteiger partial charge in [0.1, 0.15) is 18.3 Å². The molecule has 4 N–H and O–H groups in total. The second-order valence-corrected chi connectivity index (χ2v) is 4.38. The highest BCUT2D eigenvalue weighted by Gasteiger charge is 2.46. The number of hydrogen-bond acceptors (Lipinski definition) is 4. The Morgan fingerprint density at radius 1 is 1.43 bits per heavy atom. The molecule has 0 aromatic heterocycles. The van der Waals surface area contributed by atoms with Gasteiger partial charge in [-0.3, -0.25) is 9.79 Å². The number of benzene rings is 1. The highest BCUT2D eigenvalue weighted by molar-refractivity contribution is 5.93. The predicted octanol–water partition coefficient (Wildman–Crippen LogP) is 1.19. The molecule has 1 aromatic carbocycles. The molecule has 0 aliphatic carbocycles. The van der Waals surface area contributed by atoms with Crippen LogP contribution in [0.5, 0.6) is 0 Å². The molecule has 1 amide bonds. The summed E-state index contributed by atoms with van der Waals surface area (Å²) in [6.07, 6.45) is -3.06. The number of carbonyl (C=O) groups is 1. The van der Waals surface area contributed by atoms with Crippen molar-refractivity contribution in [2.45, 2.75) is 12.0 Å². The van der Waals surface area contributed by atoms with Gasteiger partial charge in [0.2, 0.25) is 5.91 Å². The van der Waals surface area contributed by atoms with Gasteiger partial charge in [0.15, 0.2) is 5.54 Å². The summed E-state index contributed by atoms with van der Waals surface area (Å²) in [5.74, 6) is -1.96. The van der Waals surface area contributed by atoms with Gasteiger partial charge in [-0.2, -0.15) is 0 Å². The number of amidine groups is 1. The molecule has 0 unspecified atom stereocenters. The van der Waals surface area contributed by atoms with Crippen molar-refractivity contribution < 1.29 is 22.7 Å². The Labute approximate surface area is 124 Å². The Morgan fingerprint density at radius 2 is 2.10 bits per heavy atom. The number of hydrogen-bond donors (Lipinski definition) is 2. The number of rotatable bonds is 3. The summed E-state index contributed by atoms with van der Waals surface area (Å²) in [5.41, 5.74) is 7.65. The predicted molar refractivity (Wildman–Crippen MR) is 72.3 cm³/mol. The van der Waals surface area contributed by atoms with Crippen molar-refractivity contribution in [2.75, 3.05) is 13.2 Å². The Morgan fingerprint density at radius 3 is 2.62 bits per heavy atom. The number of halogens is 4. The molecule has 1 heterocycles. The van der Waals surface area contributed by atoms with Crippen LogP contribution in [0.4, 0.5) is 13.2 Å². The van der Waals surface area contributed by atoms with E-state index < -0.39 is 35.9 Å². The molecule has 0 saturated heterocycles. The summed E-state index contributed by atoms with van der Waals surface area (Å²) in [4.78, 5) is 14.8. The highest BCUT2D eigenvalue weighted by Crippen LogP contribution is 2.37. The lowest BCUT2D eigenvalue weighted by atomic mass is 9.89. The van der Waals surface area contributed by atoms with Crippen LogP contribution in [-0.2, 0) is 10.3 Å². The van der Waals surface area contributed by atoms with Gasteiger partial charge in [-0.15, -0.1) is 12.4 Å². The van der Waals surface area contributed by atoms with E-state index in [1.807, 2.05) is 0 Å². The first-order valence-corrected chi connectivity index (χ1v) is 5.67. The quantitative estimate of drug-likeness (QED) is 0.875. The van der Waals surface area contributed by atoms with Gasteiger partial charge in [-0.25, -0.2) is 13.2 Å². The molecule has 116 valence electrons. The zero-order chi connectivity index (χ0) is 14.9. The third-order valence-corrected chi connectivity index (χ3v) is 2.99. The van der Waals surface area contributed by atoms with Crippen molar-refractivity contribution in [1.82, 2.24) is 0 Å². The van der Waals surface area contributed by atoms with E-state index in [1.54, 1.807) is 0 Å². The lowest BCUT2D eigenvalue weighted by Crippen LogP contribution is -2.45. The topological polar surface area (TPSA) is 90.7 Å². The number of alkyl halides is 2. The van der Waals surface area contributed by atoms with Crippen LogP contribution < -0.4 is 11.5 Å². The Kier molecular flexibility index (Phi) is 5.19. The fourth-order valence-corrected chi connectivity index (χ4v) is 2.01. The minimum Gasteiger partial charge on any atom is -0.385 e. The van der Waals surface area contributed by atoms with Crippen LogP contribution in [0.3, 0.4) is 0 Å². The van der Waals surface area contributed by atoms with Crippen LogP contribution in [0.15, 0.2) is 23.2 Å². The SMILES string of the molecule is Cl.NC(=O)c1ccc(F)c([C@]2(C(F)F)COCC(N)=N2)c1. The maximum absolute atomic E-state index is 13.9. The number of ether oxygens (including phenoxy) is 1. The summed E-state index contributed by atoms with van der Waals surface area (Å²) in [6, 6.07) is 2.95. The molecule has 9 heteroatoms. The molecule has 2 rings (SSSR count). The molecule has 0 fully saturated rings. The number of aliphatic imine (C=N–C) groups is 1. The second-order valence-electron chi connectivity index (χ2n) is 4.38. The molecule has 0 bridgehead atoms. The highest BCUT2D eigenvalue weighted by atomic mass is 35.5. The molecule has 1 aliphatic heterocycles. The fraction of sp³-hybridized carbons (Fsp3) is 0.333. The Balaban J connectivity index is 0.00000220. The van der Waals surface area contributed by atoms with Gasteiger partial charge in [0.25, 0.3) is 6.43 Å². The average Bonchev–Trinajstić information content (AvgIpc) is 2.38. The third kappa shape index (κ3) is 3.11. The minimum atomic E-state index is -3.06. The summed E-state index contributed by atoms with van der Waals surface area (Å²) < 4.78 is 45.7. The van der Waals surface area contributed by atoms with E-state index in [-0.39, 0.29) is 30.4 Å². The van der Waals surface area contributed by atoms with Crippen LogP contribution in [0.25, 0.3) is 0 Å². The monoisotopic (exact) mass is 323 g/mol. The van der Waals surface area contributed by atoms with Crippen LogP contribution in [0.1, 0.15) is 15.9 Å². The van der Waals surface area contributed by atoms with Crippen molar-refractivity contribution in [3.8, 4) is 0 Å². The molecular weight excluding hydrogens is 311 g/mol. The van der Waals surface area contributed by atoms with Crippen LogP contribution in [-0.4, -0.2) is 31.4 Å². The van der Waals surface area contributed by atoms with E-state index in [2.05, 4.69) is 4.99 Å². The number of carbonyl (C=O) groups excluding carboxylic acids is 1. The maximum Gasteiger partial charge on any atom is 0.269 e. The molecule has 0 saturated carbocycles. The van der Waals surface area contributed by atoms with Gasteiger partial charge in [0, 0.05) is 11.1 Å². The normalized spacial score (nSPS) is 21.6. The lowest BCUT2D eigenvalue weighted by Gasteiger charge is -2.33. The van der Waals surface area contributed by atoms with E-state index in [0.717, 1.165) is 18.2 Å². The molecule has 0 radical (unpaired) electrons. The number of nitrogens with zero attached hydrogens (tertiary/aromatic N) is 1. The van der Waals surface area contributed by atoms with Crippen molar-refractivity contribution in [1.29, 1.82) is 0 Å². The van der Waals surface area contributed by atoms with E-state index in [0.29, 0.717) is 0 Å². The molecule has 1 atom stereocenters. The van der Waals surface area contributed by atoms with Crippen molar-refractivity contribution in [3.05, 3.63) is 35.1 Å². The van der Waals surface area contributed by atoms with E-state index >= 15 is 0 Å². The van der Waals surface area contributed by atoms with E-state index in [4.69, 9.17) is 16.2 Å².